The molecular formula is C24H26N4O3. The van der Waals surface area contributed by atoms with Gasteiger partial charge in [0, 0.05) is 50.3 Å². The van der Waals surface area contributed by atoms with Crippen molar-refractivity contribution in [2.75, 3.05) is 23.3 Å². The quantitative estimate of drug-likeness (QED) is 0.675. The van der Waals surface area contributed by atoms with Gasteiger partial charge < -0.3 is 15.1 Å². The topological polar surface area (TPSA) is 93.5 Å². The third-order valence-electron chi connectivity index (χ3n) is 5.14. The average molecular weight is 418 g/mol. The summed E-state index contributed by atoms with van der Waals surface area (Å²) in [6.07, 6.45) is 1.80. The van der Waals surface area contributed by atoms with Gasteiger partial charge in [-0.05, 0) is 36.2 Å². The van der Waals surface area contributed by atoms with Crippen LogP contribution in [-0.4, -0.2) is 35.7 Å². The molecule has 31 heavy (non-hydrogen) atoms. The normalized spacial score (nSPS) is 13.0. The highest BCUT2D eigenvalue weighted by Gasteiger charge is 2.20. The molecule has 1 aliphatic heterocycles. The van der Waals surface area contributed by atoms with Crippen LogP contribution in [0.1, 0.15) is 37.7 Å². The summed E-state index contributed by atoms with van der Waals surface area (Å²) in [6.45, 7) is 1.59. The zero-order valence-electron chi connectivity index (χ0n) is 17.4. The molecule has 1 aliphatic rings. The van der Waals surface area contributed by atoms with E-state index in [-0.39, 0.29) is 43.5 Å². The van der Waals surface area contributed by atoms with Gasteiger partial charge in [-0.15, -0.1) is 0 Å². The number of nitriles is 1. The average Bonchev–Trinajstić information content (AvgIpc) is 3.18. The minimum Gasteiger partial charge on any atom is -0.338 e. The second kappa shape index (κ2) is 10.9. The molecular weight excluding hydrogens is 392 g/mol. The van der Waals surface area contributed by atoms with Crippen molar-refractivity contribution in [2.45, 2.75) is 38.6 Å². The molecule has 0 spiro atoms. The van der Waals surface area contributed by atoms with Gasteiger partial charge >= 0.3 is 0 Å². The predicted molar refractivity (Wildman–Crippen MR) is 118 cm³/mol. The highest BCUT2D eigenvalue weighted by molar-refractivity contribution is 5.98. The number of hydrogen-bond acceptors (Lipinski definition) is 4. The van der Waals surface area contributed by atoms with Gasteiger partial charge in [-0.2, -0.15) is 5.26 Å². The molecule has 2 aromatic carbocycles. The maximum Gasteiger partial charge on any atom is 0.227 e. The largest absolute Gasteiger partial charge is 0.338 e. The summed E-state index contributed by atoms with van der Waals surface area (Å²) in [6, 6.07) is 18.6. The Labute approximate surface area is 182 Å². The summed E-state index contributed by atoms with van der Waals surface area (Å²) in [7, 11) is 0. The molecule has 0 radical (unpaired) electrons. The molecule has 3 amide bonds. The highest BCUT2D eigenvalue weighted by atomic mass is 16.2. The van der Waals surface area contributed by atoms with E-state index in [9.17, 15) is 14.4 Å². The standard InChI is InChI=1S/C24H26N4O3/c25-14-6-16-28(21-9-2-1-3-10-21)24(31)13-12-22(29)26-20-8-4-7-19(17-20)18-27-15-5-11-23(27)30/h1-4,7-10,17H,5-6,11-13,15-16,18H2,(H,26,29). The van der Waals surface area contributed by atoms with E-state index in [2.05, 4.69) is 11.4 Å². The second-order valence-electron chi connectivity index (χ2n) is 7.46. The summed E-state index contributed by atoms with van der Waals surface area (Å²) in [5, 5.41) is 11.7. The molecule has 0 bridgehead atoms. The van der Waals surface area contributed by atoms with Crippen molar-refractivity contribution < 1.29 is 14.4 Å². The van der Waals surface area contributed by atoms with Crippen LogP contribution in [0.25, 0.3) is 0 Å². The fraction of sp³-hybridized carbons (Fsp3) is 0.333. The highest BCUT2D eigenvalue weighted by Crippen LogP contribution is 2.18. The number of nitrogens with zero attached hydrogens (tertiary/aromatic N) is 3. The van der Waals surface area contributed by atoms with Gasteiger partial charge in [0.1, 0.15) is 0 Å². The van der Waals surface area contributed by atoms with E-state index in [1.807, 2.05) is 53.4 Å². The lowest BCUT2D eigenvalue weighted by atomic mass is 10.1. The molecule has 1 N–H and O–H groups in total. The number of carbonyl (C=O) groups is 3. The molecule has 0 saturated carbocycles. The molecule has 0 aromatic heterocycles. The first-order valence-corrected chi connectivity index (χ1v) is 10.5. The third-order valence-corrected chi connectivity index (χ3v) is 5.14. The van der Waals surface area contributed by atoms with E-state index in [1.165, 1.54) is 0 Å². The lowest BCUT2D eigenvalue weighted by Gasteiger charge is -2.21. The van der Waals surface area contributed by atoms with Crippen molar-refractivity contribution in [3.8, 4) is 6.07 Å². The number of anilines is 2. The van der Waals surface area contributed by atoms with Crippen molar-refractivity contribution >= 4 is 29.1 Å². The van der Waals surface area contributed by atoms with Crippen LogP contribution in [-0.2, 0) is 20.9 Å². The van der Waals surface area contributed by atoms with Crippen molar-refractivity contribution in [1.29, 1.82) is 5.26 Å². The summed E-state index contributed by atoms with van der Waals surface area (Å²) < 4.78 is 0. The Morgan fingerprint density at radius 3 is 2.61 bits per heavy atom. The minimum absolute atomic E-state index is 0.0452. The van der Waals surface area contributed by atoms with Crippen LogP contribution in [0, 0.1) is 11.3 Å². The molecule has 3 rings (SSSR count). The van der Waals surface area contributed by atoms with Crippen molar-refractivity contribution in [3.63, 3.8) is 0 Å². The summed E-state index contributed by atoms with van der Waals surface area (Å²) >= 11 is 0. The predicted octanol–water partition coefficient (Wildman–Crippen LogP) is 3.47. The Bertz CT molecular complexity index is 968. The lowest BCUT2D eigenvalue weighted by molar-refractivity contribution is -0.128. The monoisotopic (exact) mass is 418 g/mol. The number of hydrogen-bond donors (Lipinski definition) is 1. The summed E-state index contributed by atoms with van der Waals surface area (Å²) in [4.78, 5) is 40.3. The van der Waals surface area contributed by atoms with E-state index in [4.69, 9.17) is 5.26 Å². The Kier molecular flexibility index (Phi) is 7.77. The molecule has 7 nitrogen and oxygen atoms in total. The molecule has 1 fully saturated rings. The molecule has 7 heteroatoms. The van der Waals surface area contributed by atoms with Crippen LogP contribution in [0.5, 0.6) is 0 Å². The van der Waals surface area contributed by atoms with Crippen molar-refractivity contribution in [1.82, 2.24) is 4.90 Å². The van der Waals surface area contributed by atoms with Gasteiger partial charge in [0.15, 0.2) is 0 Å². The molecule has 1 saturated heterocycles. The fourth-order valence-electron chi connectivity index (χ4n) is 3.59. The smallest absolute Gasteiger partial charge is 0.227 e. The van der Waals surface area contributed by atoms with Crippen LogP contribution < -0.4 is 10.2 Å². The molecule has 0 aliphatic carbocycles. The molecule has 0 unspecified atom stereocenters. The third kappa shape index (κ3) is 6.41. The molecule has 1 heterocycles. The summed E-state index contributed by atoms with van der Waals surface area (Å²) in [5.41, 5.74) is 2.31. The van der Waals surface area contributed by atoms with Gasteiger partial charge in [0.05, 0.1) is 12.5 Å². The number of rotatable bonds is 9. The van der Waals surface area contributed by atoms with Crippen LogP contribution in [0.3, 0.4) is 0 Å². The number of amides is 3. The van der Waals surface area contributed by atoms with E-state index >= 15 is 0 Å². The zero-order chi connectivity index (χ0) is 22.1. The van der Waals surface area contributed by atoms with E-state index in [1.54, 1.807) is 11.0 Å². The van der Waals surface area contributed by atoms with Gasteiger partial charge in [-0.1, -0.05) is 30.3 Å². The first-order chi connectivity index (χ1) is 15.1. The van der Waals surface area contributed by atoms with Crippen LogP contribution in [0.4, 0.5) is 11.4 Å². The molecule has 160 valence electrons. The Hall–Kier alpha value is -3.66. The Morgan fingerprint density at radius 1 is 1.10 bits per heavy atom. The van der Waals surface area contributed by atoms with Crippen LogP contribution in [0.15, 0.2) is 54.6 Å². The number of benzene rings is 2. The van der Waals surface area contributed by atoms with E-state index in [0.717, 1.165) is 18.5 Å². The number of likely N-dealkylation sites (tertiary alicyclic amines) is 1. The van der Waals surface area contributed by atoms with Crippen LogP contribution >= 0.6 is 0 Å². The van der Waals surface area contributed by atoms with Gasteiger partial charge in [0.2, 0.25) is 17.7 Å². The molecule has 2 aromatic rings. The maximum atomic E-state index is 12.7. The van der Waals surface area contributed by atoms with Gasteiger partial charge in [0.25, 0.3) is 0 Å². The first-order valence-electron chi connectivity index (χ1n) is 10.5. The van der Waals surface area contributed by atoms with Gasteiger partial charge in [-0.3, -0.25) is 14.4 Å². The first kappa shape index (κ1) is 22.0. The SMILES string of the molecule is N#CCCN(C(=O)CCC(=O)Nc1cccc(CN2CCCC2=O)c1)c1ccccc1. The Balaban J connectivity index is 1.54. The number of para-hydroxylation sites is 1. The lowest BCUT2D eigenvalue weighted by Crippen LogP contribution is -2.32. The number of nitrogens with one attached hydrogen (secondary N) is 1. The Morgan fingerprint density at radius 2 is 1.90 bits per heavy atom. The van der Waals surface area contributed by atoms with Crippen molar-refractivity contribution in [2.24, 2.45) is 0 Å². The van der Waals surface area contributed by atoms with E-state index < -0.39 is 0 Å². The molecule has 0 atom stereocenters. The van der Waals surface area contributed by atoms with Crippen LogP contribution in [0.2, 0.25) is 0 Å². The summed E-state index contributed by atoms with van der Waals surface area (Å²) in [5.74, 6) is -0.291. The zero-order valence-corrected chi connectivity index (χ0v) is 17.4. The van der Waals surface area contributed by atoms with Gasteiger partial charge in [-0.25, -0.2) is 0 Å². The maximum absolute atomic E-state index is 12.7. The van der Waals surface area contributed by atoms with Crippen molar-refractivity contribution in [3.05, 3.63) is 60.2 Å². The van der Waals surface area contributed by atoms with E-state index in [0.29, 0.717) is 24.3 Å². The fourth-order valence-corrected chi connectivity index (χ4v) is 3.59. The second-order valence-corrected chi connectivity index (χ2v) is 7.46. The number of carbonyl (C=O) groups excluding carboxylic acids is 3. The minimum atomic E-state index is -0.254.